The smallest absolute Gasteiger partial charge is 0.548 e. The van der Waals surface area contributed by atoms with Gasteiger partial charge < -0.3 is 36.0 Å². The molecule has 4 aliphatic rings. The Bertz CT molecular complexity index is 768. The third-order valence-corrected chi connectivity index (χ3v) is 10.8. The molecule has 0 bridgehead atoms. The van der Waals surface area contributed by atoms with Crippen molar-refractivity contribution in [2.24, 2.45) is 46.3 Å². The van der Waals surface area contributed by atoms with Gasteiger partial charge >= 0.3 is 29.6 Å². The number of aliphatic hydroxyl groups is 3. The largest absolute Gasteiger partial charge is 1.00 e. The molecule has 6 N–H and O–H groups in total. The maximum absolute atomic E-state index is 12.0. The van der Waals surface area contributed by atoms with Crippen molar-refractivity contribution in [3.05, 3.63) is 0 Å². The van der Waals surface area contributed by atoms with Gasteiger partial charge in [-0.1, -0.05) is 20.8 Å². The Morgan fingerprint density at radius 1 is 1.06 bits per heavy atom. The molecule has 0 heterocycles. The molecule has 196 valence electrons. The van der Waals surface area contributed by atoms with Crippen LogP contribution in [0.25, 0.3) is 0 Å². The van der Waals surface area contributed by atoms with Crippen LogP contribution in [-0.2, 0) is 9.59 Å². The third kappa shape index (κ3) is 5.50. The summed E-state index contributed by atoms with van der Waals surface area (Å²) in [4.78, 5) is 22.6. The van der Waals surface area contributed by atoms with Gasteiger partial charge in [-0.3, -0.25) is 4.79 Å². The summed E-state index contributed by atoms with van der Waals surface area (Å²) in [6.07, 6.45) is 5.75. The second kappa shape index (κ2) is 11.7. The normalized spacial score (nSPS) is 45.0. The quantitative estimate of drug-likeness (QED) is 0.290. The van der Waals surface area contributed by atoms with E-state index in [9.17, 15) is 30.0 Å². The summed E-state index contributed by atoms with van der Waals surface area (Å²) in [5.74, 6) is -0.0789. The number of nitrogens with one attached hydrogen (secondary N) is 1. The molecule has 0 aliphatic heterocycles. The van der Waals surface area contributed by atoms with Crippen molar-refractivity contribution in [3.8, 4) is 0 Å². The van der Waals surface area contributed by atoms with Gasteiger partial charge in [-0.05, 0) is 97.7 Å². The summed E-state index contributed by atoms with van der Waals surface area (Å²) < 4.78 is 0. The Morgan fingerprint density at radius 2 is 1.74 bits per heavy atom. The van der Waals surface area contributed by atoms with Gasteiger partial charge in [0.25, 0.3) is 0 Å². The number of aliphatic hydroxyl groups excluding tert-OH is 3. The van der Waals surface area contributed by atoms with E-state index in [1.807, 2.05) is 0 Å². The summed E-state index contributed by atoms with van der Waals surface area (Å²) in [6, 6.07) is 0. The van der Waals surface area contributed by atoms with Crippen molar-refractivity contribution in [3.63, 3.8) is 0 Å². The topological polar surface area (TPSA) is 161 Å². The number of aliphatic carboxylic acids is 1. The molecule has 0 aromatic carbocycles. The first kappa shape index (κ1) is 31.0. The summed E-state index contributed by atoms with van der Waals surface area (Å²) in [5.41, 5.74) is -0.230. The van der Waals surface area contributed by atoms with Crippen LogP contribution in [-0.4, -0.2) is 57.5 Å². The molecule has 8 nitrogen and oxygen atoms in total. The molecule has 4 saturated carbocycles. The number of hydrogen-bond donors (Lipinski definition) is 4. The minimum atomic E-state index is -1.29. The van der Waals surface area contributed by atoms with Crippen LogP contribution in [0.3, 0.4) is 0 Å². The maximum Gasteiger partial charge on any atom is 1.00 e. The zero-order chi connectivity index (χ0) is 24.1. The van der Waals surface area contributed by atoms with Crippen molar-refractivity contribution in [1.29, 1.82) is 0 Å². The molecule has 0 aromatic heterocycles. The van der Waals surface area contributed by atoms with Crippen LogP contribution in [0, 0.1) is 46.3 Å². The van der Waals surface area contributed by atoms with Crippen molar-refractivity contribution in [2.45, 2.75) is 96.9 Å². The first-order valence-corrected chi connectivity index (χ1v) is 13.0. The number of fused-ring (bicyclic) bond motifs is 5. The Balaban J connectivity index is 0.00000216. The van der Waals surface area contributed by atoms with Crippen LogP contribution in [0.4, 0.5) is 0 Å². The van der Waals surface area contributed by atoms with Crippen LogP contribution in [0.2, 0.25) is 0 Å². The molecular formula is C26H44NNaO7. The summed E-state index contributed by atoms with van der Waals surface area (Å²) in [7, 11) is 0. The Kier molecular flexibility index (Phi) is 10.3. The van der Waals surface area contributed by atoms with Gasteiger partial charge in [0.1, 0.15) is 0 Å². The van der Waals surface area contributed by atoms with Gasteiger partial charge in [-0.15, -0.1) is 0 Å². The van der Waals surface area contributed by atoms with Crippen molar-refractivity contribution in [1.82, 2.24) is 5.32 Å². The Hall–Kier alpha value is -0.220. The predicted molar refractivity (Wildman–Crippen MR) is 124 cm³/mol. The van der Waals surface area contributed by atoms with Gasteiger partial charge in [-0.25, -0.2) is 0 Å². The number of carbonyl (C=O) groups excluding carboxylic acids is 2. The van der Waals surface area contributed by atoms with E-state index in [-0.39, 0.29) is 100.0 Å². The molecule has 4 fully saturated rings. The monoisotopic (exact) mass is 505 g/mol. The van der Waals surface area contributed by atoms with Gasteiger partial charge in [0.15, 0.2) is 0 Å². The van der Waals surface area contributed by atoms with E-state index in [0.29, 0.717) is 18.8 Å². The van der Waals surface area contributed by atoms with Crippen LogP contribution < -0.4 is 40.0 Å². The molecule has 1 amide bonds. The molecule has 4 aliphatic carbocycles. The van der Waals surface area contributed by atoms with E-state index < -0.39 is 18.6 Å². The van der Waals surface area contributed by atoms with E-state index in [1.54, 1.807) is 0 Å². The zero-order valence-electron chi connectivity index (χ0n) is 21.8. The van der Waals surface area contributed by atoms with Gasteiger partial charge in [0, 0.05) is 6.42 Å². The first-order valence-electron chi connectivity index (χ1n) is 13.0. The molecule has 0 radical (unpaired) electrons. The molecule has 0 spiro atoms. The predicted octanol–water partition coefficient (Wildman–Crippen LogP) is -2.59. The number of rotatable bonds is 6. The third-order valence-electron chi connectivity index (χ3n) is 10.8. The fourth-order valence-corrected chi connectivity index (χ4v) is 8.95. The zero-order valence-corrected chi connectivity index (χ0v) is 23.8. The molecule has 9 heteroatoms. The molecule has 4 rings (SSSR count). The van der Waals surface area contributed by atoms with E-state index in [2.05, 4.69) is 26.1 Å². The summed E-state index contributed by atoms with van der Waals surface area (Å²) >= 11 is 0. The summed E-state index contributed by atoms with van der Waals surface area (Å²) in [6.45, 7) is 6.21. The average molecular weight is 506 g/mol. The average Bonchev–Trinajstić information content (AvgIpc) is 3.11. The number of carboxylic acids is 1. The van der Waals surface area contributed by atoms with E-state index in [4.69, 9.17) is 0 Å². The van der Waals surface area contributed by atoms with Gasteiger partial charge in [0.05, 0.1) is 30.8 Å². The number of hydrogen-bond acceptors (Lipinski definition) is 6. The molecule has 0 aromatic rings. The number of amides is 1. The first-order chi connectivity index (χ1) is 15.5. The maximum atomic E-state index is 12.0. The van der Waals surface area contributed by atoms with E-state index in [1.165, 1.54) is 0 Å². The minimum Gasteiger partial charge on any atom is -0.548 e. The van der Waals surface area contributed by atoms with Crippen LogP contribution >= 0.6 is 0 Å². The number of carbonyl (C=O) groups is 2. The molecule has 0 saturated heterocycles. The van der Waals surface area contributed by atoms with Crippen molar-refractivity contribution >= 4 is 11.9 Å². The Morgan fingerprint density at radius 3 is 2.40 bits per heavy atom. The molecule has 35 heavy (non-hydrogen) atoms. The van der Waals surface area contributed by atoms with Crippen LogP contribution in [0.1, 0.15) is 78.6 Å². The Labute approximate surface area is 231 Å². The standard InChI is InChI=1S/C26H43NO6.Na.H2O/c1-14(4-7-22(31)27-13-23(32)33)17-5-6-18-24-19(12-21(30)26(17,18)3)25(2)9-8-16(28)10-15(25)11-20(24)29;;/h14-21,24,28-30H,4-13H2,1-3H3,(H,27,31)(H,32,33);;1H2/q;+1;/p-1. The molecule has 11 atom stereocenters. The summed E-state index contributed by atoms with van der Waals surface area (Å²) in [5, 5.41) is 46.1. The SMILES string of the molecule is CC(CCC(=O)NCC(=O)[O-])C1CCC2C3C(O)CC4CC(O)CCC4(C)C3CC(O)C12C.O.[Na+]. The van der Waals surface area contributed by atoms with Crippen LogP contribution in [0.5, 0.6) is 0 Å². The molecule has 11 unspecified atom stereocenters. The second-order valence-corrected chi connectivity index (χ2v) is 12.2. The number of carboxylic acid groups (broad SMARTS) is 1. The van der Waals surface area contributed by atoms with Crippen molar-refractivity contribution in [2.75, 3.05) is 6.54 Å². The fraction of sp³-hybridized carbons (Fsp3) is 0.923. The fourth-order valence-electron chi connectivity index (χ4n) is 8.95. The van der Waals surface area contributed by atoms with Gasteiger partial charge in [-0.2, -0.15) is 0 Å². The van der Waals surface area contributed by atoms with Crippen LogP contribution in [0.15, 0.2) is 0 Å². The molecular weight excluding hydrogens is 461 g/mol. The van der Waals surface area contributed by atoms with Crippen molar-refractivity contribution < 1.29 is 65.0 Å². The van der Waals surface area contributed by atoms with E-state index >= 15 is 0 Å². The minimum absolute atomic E-state index is 0. The van der Waals surface area contributed by atoms with E-state index in [0.717, 1.165) is 38.5 Å². The second-order valence-electron chi connectivity index (χ2n) is 12.2. The van der Waals surface area contributed by atoms with Gasteiger partial charge in [0.2, 0.25) is 5.91 Å².